The molecule has 6 heteroatoms. The first-order valence-corrected chi connectivity index (χ1v) is 3.23. The number of halogens is 1. The zero-order chi connectivity index (χ0) is 9.14. The van der Waals surface area contributed by atoms with Crippen LogP contribution >= 0.6 is 0 Å². The van der Waals surface area contributed by atoms with Crippen molar-refractivity contribution in [3.63, 3.8) is 0 Å². The highest BCUT2D eigenvalue weighted by atomic mass is 19.1. The van der Waals surface area contributed by atoms with Crippen molar-refractivity contribution in [3.05, 3.63) is 0 Å². The molecule has 12 heavy (non-hydrogen) atoms. The SMILES string of the molecule is O=C(CF)NC1CC(=O)OC1=O. The number of amides is 1. The molecule has 1 amide bonds. The maximum absolute atomic E-state index is 11.6. The van der Waals surface area contributed by atoms with Gasteiger partial charge in [0, 0.05) is 0 Å². The number of cyclic esters (lactones) is 2. The average molecular weight is 175 g/mol. The number of ether oxygens (including phenoxy) is 1. The normalized spacial score (nSPS) is 22.2. The van der Waals surface area contributed by atoms with Crippen LogP contribution in [0.1, 0.15) is 6.42 Å². The molecule has 0 aromatic carbocycles. The third kappa shape index (κ3) is 1.77. The maximum Gasteiger partial charge on any atom is 0.336 e. The lowest BCUT2D eigenvalue weighted by Crippen LogP contribution is -2.38. The molecule has 1 heterocycles. The zero-order valence-electron chi connectivity index (χ0n) is 6.00. The first kappa shape index (κ1) is 8.63. The van der Waals surface area contributed by atoms with Gasteiger partial charge in [-0.2, -0.15) is 0 Å². The van der Waals surface area contributed by atoms with Crippen LogP contribution in [0, 0.1) is 0 Å². The molecule has 1 N–H and O–H groups in total. The molecule has 0 aliphatic carbocycles. The summed E-state index contributed by atoms with van der Waals surface area (Å²) in [6.45, 7) is -1.21. The highest BCUT2D eigenvalue weighted by Crippen LogP contribution is 2.07. The Bertz CT molecular complexity index is 240. The lowest BCUT2D eigenvalue weighted by Gasteiger charge is -2.03. The van der Waals surface area contributed by atoms with Crippen LogP contribution in [0.2, 0.25) is 0 Å². The van der Waals surface area contributed by atoms with Crippen molar-refractivity contribution in [2.75, 3.05) is 6.67 Å². The Kier molecular flexibility index (Phi) is 2.37. The molecule has 1 aliphatic heterocycles. The smallest absolute Gasteiger partial charge is 0.336 e. The summed E-state index contributed by atoms with van der Waals surface area (Å²) >= 11 is 0. The second kappa shape index (κ2) is 3.29. The summed E-state index contributed by atoms with van der Waals surface area (Å²) in [4.78, 5) is 31.5. The fourth-order valence-electron chi connectivity index (χ4n) is 0.818. The fraction of sp³-hybridized carbons (Fsp3) is 0.500. The van der Waals surface area contributed by atoms with Crippen LogP contribution in [0.25, 0.3) is 0 Å². The molecule has 0 aromatic heterocycles. The van der Waals surface area contributed by atoms with E-state index in [1.54, 1.807) is 0 Å². The van der Waals surface area contributed by atoms with E-state index in [1.807, 2.05) is 5.32 Å². The molecule has 0 saturated carbocycles. The minimum atomic E-state index is -1.21. The second-order valence-corrected chi connectivity index (χ2v) is 2.25. The first-order valence-electron chi connectivity index (χ1n) is 3.23. The van der Waals surface area contributed by atoms with Gasteiger partial charge in [0.15, 0.2) is 6.67 Å². The first-order chi connectivity index (χ1) is 5.63. The molecule has 1 saturated heterocycles. The van der Waals surface area contributed by atoms with Gasteiger partial charge in [0.2, 0.25) is 0 Å². The van der Waals surface area contributed by atoms with Crippen LogP contribution in [0.5, 0.6) is 0 Å². The Balaban J connectivity index is 2.48. The van der Waals surface area contributed by atoms with E-state index in [0.717, 1.165) is 0 Å². The van der Waals surface area contributed by atoms with E-state index in [0.29, 0.717) is 0 Å². The molecule has 1 unspecified atom stereocenters. The predicted molar refractivity (Wildman–Crippen MR) is 33.6 cm³/mol. The van der Waals surface area contributed by atoms with Crippen molar-refractivity contribution in [3.8, 4) is 0 Å². The topological polar surface area (TPSA) is 72.5 Å². The zero-order valence-corrected chi connectivity index (χ0v) is 6.00. The summed E-state index contributed by atoms with van der Waals surface area (Å²) in [7, 11) is 0. The highest BCUT2D eigenvalue weighted by molar-refractivity contribution is 5.99. The molecule has 66 valence electrons. The van der Waals surface area contributed by atoms with Crippen LogP contribution in [-0.4, -0.2) is 30.6 Å². The van der Waals surface area contributed by atoms with Gasteiger partial charge in [-0.05, 0) is 0 Å². The van der Waals surface area contributed by atoms with Crippen LogP contribution in [0.3, 0.4) is 0 Å². The number of carbonyl (C=O) groups excluding carboxylic acids is 3. The van der Waals surface area contributed by atoms with Gasteiger partial charge in [-0.25, -0.2) is 9.18 Å². The minimum Gasteiger partial charge on any atom is -0.392 e. The number of hydrogen-bond acceptors (Lipinski definition) is 4. The van der Waals surface area contributed by atoms with Crippen molar-refractivity contribution in [2.45, 2.75) is 12.5 Å². The van der Waals surface area contributed by atoms with Gasteiger partial charge in [-0.1, -0.05) is 0 Å². The standard InChI is InChI=1S/C6H6FNO4/c7-2-4(9)8-3-1-5(10)12-6(3)11/h3H,1-2H2,(H,8,9). The van der Waals surface area contributed by atoms with E-state index in [1.165, 1.54) is 0 Å². The lowest BCUT2D eigenvalue weighted by atomic mass is 10.2. The van der Waals surface area contributed by atoms with E-state index in [-0.39, 0.29) is 6.42 Å². The summed E-state index contributed by atoms with van der Waals surface area (Å²) < 4.78 is 15.7. The molecule has 0 bridgehead atoms. The molecule has 1 aliphatic rings. The predicted octanol–water partition coefficient (Wildman–Crippen LogP) is -1.09. The molecule has 1 atom stereocenters. The van der Waals surface area contributed by atoms with Crippen molar-refractivity contribution in [2.24, 2.45) is 0 Å². The molecule has 1 fully saturated rings. The van der Waals surface area contributed by atoms with E-state index in [9.17, 15) is 18.8 Å². The quantitative estimate of drug-likeness (QED) is 0.427. The van der Waals surface area contributed by atoms with E-state index in [2.05, 4.69) is 4.74 Å². The average Bonchev–Trinajstić information content (AvgIpc) is 2.30. The van der Waals surface area contributed by atoms with Crippen LogP contribution < -0.4 is 5.32 Å². The Morgan fingerprint density at radius 1 is 1.67 bits per heavy atom. The summed E-state index contributed by atoms with van der Waals surface area (Å²) in [6, 6.07) is -1.01. The molecule has 0 aromatic rings. The van der Waals surface area contributed by atoms with Gasteiger partial charge in [-0.3, -0.25) is 9.59 Å². The van der Waals surface area contributed by atoms with Crippen molar-refractivity contribution < 1.29 is 23.5 Å². The lowest BCUT2D eigenvalue weighted by molar-refractivity contribution is -0.153. The summed E-state index contributed by atoms with van der Waals surface area (Å²) in [5.74, 6) is -2.46. The van der Waals surface area contributed by atoms with Crippen molar-refractivity contribution >= 4 is 17.8 Å². The van der Waals surface area contributed by atoms with Gasteiger partial charge in [0.05, 0.1) is 6.42 Å². The van der Waals surface area contributed by atoms with Gasteiger partial charge in [0.25, 0.3) is 5.91 Å². The van der Waals surface area contributed by atoms with Crippen LogP contribution in [0.15, 0.2) is 0 Å². The van der Waals surface area contributed by atoms with Crippen molar-refractivity contribution in [1.82, 2.24) is 5.32 Å². The number of hydrogen-bond donors (Lipinski definition) is 1. The Morgan fingerprint density at radius 3 is 2.75 bits per heavy atom. The number of nitrogens with one attached hydrogen (secondary N) is 1. The monoisotopic (exact) mass is 175 g/mol. The fourth-order valence-corrected chi connectivity index (χ4v) is 0.818. The Hall–Kier alpha value is -1.46. The summed E-state index contributed by atoms with van der Waals surface area (Å²) in [5, 5.41) is 2.00. The highest BCUT2D eigenvalue weighted by Gasteiger charge is 2.34. The Labute approximate surface area is 66.9 Å². The maximum atomic E-state index is 11.6. The van der Waals surface area contributed by atoms with Gasteiger partial charge < -0.3 is 10.1 Å². The third-order valence-electron chi connectivity index (χ3n) is 1.33. The molecule has 0 radical (unpaired) electrons. The number of carbonyl (C=O) groups is 3. The number of alkyl halides is 1. The van der Waals surface area contributed by atoms with Crippen molar-refractivity contribution in [1.29, 1.82) is 0 Å². The van der Waals surface area contributed by atoms with Crippen LogP contribution in [-0.2, 0) is 19.1 Å². The molecule has 0 spiro atoms. The van der Waals surface area contributed by atoms with Gasteiger partial charge >= 0.3 is 11.9 Å². The van der Waals surface area contributed by atoms with Gasteiger partial charge in [0.1, 0.15) is 6.04 Å². The van der Waals surface area contributed by atoms with E-state index < -0.39 is 30.6 Å². The minimum absolute atomic E-state index is 0.218. The van der Waals surface area contributed by atoms with E-state index in [4.69, 9.17) is 0 Å². The third-order valence-corrected chi connectivity index (χ3v) is 1.33. The largest absolute Gasteiger partial charge is 0.392 e. The van der Waals surface area contributed by atoms with Gasteiger partial charge in [-0.15, -0.1) is 0 Å². The summed E-state index contributed by atoms with van der Waals surface area (Å²) in [5.41, 5.74) is 0. The molecular formula is C6H6FNO4. The molecule has 5 nitrogen and oxygen atoms in total. The Morgan fingerprint density at radius 2 is 2.33 bits per heavy atom. The summed E-state index contributed by atoms with van der Waals surface area (Å²) in [6.07, 6.45) is -0.218. The van der Waals surface area contributed by atoms with Crippen LogP contribution in [0.4, 0.5) is 4.39 Å². The van der Waals surface area contributed by atoms with E-state index >= 15 is 0 Å². The molecule has 1 rings (SSSR count). The number of rotatable bonds is 2. The number of esters is 2. The molecular weight excluding hydrogens is 169 g/mol. The second-order valence-electron chi connectivity index (χ2n) is 2.25.